The van der Waals surface area contributed by atoms with Crippen LogP contribution in [0.15, 0.2) is 42.5 Å². The van der Waals surface area contributed by atoms with Crippen molar-refractivity contribution in [2.75, 3.05) is 23.3 Å². The predicted molar refractivity (Wildman–Crippen MR) is 85.0 cm³/mol. The van der Waals surface area contributed by atoms with Gasteiger partial charge in [0.15, 0.2) is 0 Å². The van der Waals surface area contributed by atoms with E-state index < -0.39 is 0 Å². The minimum absolute atomic E-state index is 0.0752. The van der Waals surface area contributed by atoms with E-state index in [-0.39, 0.29) is 11.5 Å². The third-order valence-corrected chi connectivity index (χ3v) is 3.89. The second-order valence-corrected chi connectivity index (χ2v) is 5.41. The maximum atomic E-state index is 9.75. The van der Waals surface area contributed by atoms with Crippen LogP contribution in [0, 0.1) is 0 Å². The molecule has 3 rings (SSSR count). The highest BCUT2D eigenvalue weighted by Gasteiger charge is 2.11. The molecular weight excluding hydrogens is 264 g/mol. The van der Waals surface area contributed by atoms with Crippen molar-refractivity contribution in [2.24, 2.45) is 0 Å². The molecule has 0 aliphatic carbocycles. The van der Waals surface area contributed by atoms with Crippen molar-refractivity contribution in [2.45, 2.75) is 19.4 Å². The van der Waals surface area contributed by atoms with Gasteiger partial charge in [-0.05, 0) is 49.2 Å². The van der Waals surface area contributed by atoms with E-state index in [1.165, 1.54) is 24.6 Å². The number of anilines is 2. The minimum Gasteiger partial charge on any atom is -0.508 e. The lowest BCUT2D eigenvalue weighted by Crippen LogP contribution is -2.17. The zero-order chi connectivity index (χ0) is 14.7. The zero-order valence-corrected chi connectivity index (χ0v) is 11.9. The van der Waals surface area contributed by atoms with Crippen LogP contribution in [-0.4, -0.2) is 23.3 Å². The summed E-state index contributed by atoms with van der Waals surface area (Å²) in [6.07, 6.45) is 2.56. The van der Waals surface area contributed by atoms with Gasteiger partial charge in [0.2, 0.25) is 0 Å². The van der Waals surface area contributed by atoms with E-state index in [1.807, 2.05) is 0 Å². The van der Waals surface area contributed by atoms with Gasteiger partial charge in [0.05, 0.1) is 0 Å². The average molecular weight is 284 g/mol. The maximum absolute atomic E-state index is 9.75. The van der Waals surface area contributed by atoms with Crippen LogP contribution in [0.2, 0.25) is 0 Å². The fraction of sp³-hybridized carbons (Fsp3) is 0.294. The number of hydrogen-bond acceptors (Lipinski definition) is 4. The largest absolute Gasteiger partial charge is 0.508 e. The van der Waals surface area contributed by atoms with E-state index in [0.717, 1.165) is 24.3 Å². The lowest BCUT2D eigenvalue weighted by atomic mass is 10.2. The normalized spacial score (nSPS) is 14.4. The molecule has 1 fully saturated rings. The van der Waals surface area contributed by atoms with Crippen LogP contribution in [0.1, 0.15) is 18.4 Å². The summed E-state index contributed by atoms with van der Waals surface area (Å²) < 4.78 is 0. The zero-order valence-electron chi connectivity index (χ0n) is 11.9. The van der Waals surface area contributed by atoms with Gasteiger partial charge >= 0.3 is 0 Å². The Kier molecular flexibility index (Phi) is 3.86. The highest BCUT2D eigenvalue weighted by atomic mass is 16.3. The van der Waals surface area contributed by atoms with Gasteiger partial charge in [0.1, 0.15) is 11.5 Å². The van der Waals surface area contributed by atoms with E-state index in [4.69, 9.17) is 0 Å². The molecule has 3 N–H and O–H groups in total. The summed E-state index contributed by atoms with van der Waals surface area (Å²) in [4.78, 5) is 2.40. The first-order valence-corrected chi connectivity index (χ1v) is 7.32. The molecule has 21 heavy (non-hydrogen) atoms. The Bertz CT molecular complexity index is 605. The van der Waals surface area contributed by atoms with Crippen molar-refractivity contribution in [3.63, 3.8) is 0 Å². The smallest absolute Gasteiger partial charge is 0.124 e. The molecule has 0 unspecified atom stereocenters. The molecule has 1 heterocycles. The second kappa shape index (κ2) is 5.95. The Labute approximate surface area is 124 Å². The van der Waals surface area contributed by atoms with Crippen LogP contribution in [0.3, 0.4) is 0 Å². The fourth-order valence-electron chi connectivity index (χ4n) is 2.66. The van der Waals surface area contributed by atoms with Gasteiger partial charge < -0.3 is 20.4 Å². The Morgan fingerprint density at radius 1 is 0.952 bits per heavy atom. The van der Waals surface area contributed by atoms with Gasteiger partial charge in [-0.3, -0.25) is 0 Å². The predicted octanol–water partition coefficient (Wildman–Crippen LogP) is 3.31. The van der Waals surface area contributed by atoms with Gasteiger partial charge in [-0.15, -0.1) is 0 Å². The average Bonchev–Trinajstić information content (AvgIpc) is 3.01. The Morgan fingerprint density at radius 2 is 1.67 bits per heavy atom. The second-order valence-electron chi connectivity index (χ2n) is 5.41. The first-order chi connectivity index (χ1) is 10.2. The molecule has 0 amide bonds. The summed E-state index contributed by atoms with van der Waals surface area (Å²) >= 11 is 0. The van der Waals surface area contributed by atoms with E-state index in [2.05, 4.69) is 34.5 Å². The molecule has 0 spiro atoms. The molecule has 0 atom stereocenters. The molecule has 4 heteroatoms. The molecule has 2 aromatic carbocycles. The quantitative estimate of drug-likeness (QED) is 0.806. The molecule has 1 aliphatic rings. The topological polar surface area (TPSA) is 55.7 Å². The number of nitrogens with zero attached hydrogens (tertiary/aromatic N) is 1. The number of hydrogen-bond donors (Lipinski definition) is 3. The van der Waals surface area contributed by atoms with Crippen LogP contribution in [-0.2, 0) is 6.54 Å². The number of phenols is 2. The highest BCUT2D eigenvalue weighted by Crippen LogP contribution is 2.25. The van der Waals surface area contributed by atoms with Crippen molar-refractivity contribution in [1.82, 2.24) is 0 Å². The van der Waals surface area contributed by atoms with E-state index in [9.17, 15) is 10.2 Å². The summed E-state index contributed by atoms with van der Waals surface area (Å²) in [5, 5.41) is 22.3. The number of nitrogens with one attached hydrogen (secondary N) is 1. The Balaban J connectivity index is 1.62. The van der Waals surface area contributed by atoms with Crippen LogP contribution in [0.5, 0.6) is 11.5 Å². The molecule has 1 aliphatic heterocycles. The third kappa shape index (κ3) is 3.21. The number of benzene rings is 2. The lowest BCUT2D eigenvalue weighted by molar-refractivity contribution is 0.446. The molecule has 0 aromatic heterocycles. The van der Waals surface area contributed by atoms with E-state index in [0.29, 0.717) is 6.54 Å². The molecule has 0 saturated carbocycles. The van der Waals surface area contributed by atoms with Crippen LogP contribution >= 0.6 is 0 Å². The number of rotatable bonds is 4. The number of phenolic OH excluding ortho intramolecular Hbond substituents is 2. The van der Waals surface area contributed by atoms with Crippen LogP contribution < -0.4 is 10.2 Å². The standard InChI is InChI=1S/C17H20N2O2/c20-16-8-3-13(17(21)11-16)12-18-14-4-6-15(7-5-14)19-9-1-2-10-19/h3-8,11,18,20-21H,1-2,9-10,12H2. The summed E-state index contributed by atoms with van der Waals surface area (Å²) in [7, 11) is 0. The van der Waals surface area contributed by atoms with Crippen molar-refractivity contribution in [1.29, 1.82) is 0 Å². The van der Waals surface area contributed by atoms with Crippen LogP contribution in [0.25, 0.3) is 0 Å². The molecule has 4 nitrogen and oxygen atoms in total. The summed E-state index contributed by atoms with van der Waals surface area (Å²) in [6, 6.07) is 13.0. The van der Waals surface area contributed by atoms with Gasteiger partial charge in [-0.2, -0.15) is 0 Å². The maximum Gasteiger partial charge on any atom is 0.124 e. The molecule has 2 aromatic rings. The van der Waals surface area contributed by atoms with Crippen molar-refractivity contribution in [3.05, 3.63) is 48.0 Å². The van der Waals surface area contributed by atoms with Gasteiger partial charge in [-0.1, -0.05) is 0 Å². The summed E-state index contributed by atoms with van der Waals surface area (Å²) in [5.74, 6) is 0.183. The fourth-order valence-corrected chi connectivity index (χ4v) is 2.66. The highest BCUT2D eigenvalue weighted by molar-refractivity contribution is 5.56. The van der Waals surface area contributed by atoms with Gasteiger partial charge in [0, 0.05) is 42.6 Å². The first kappa shape index (κ1) is 13.6. The minimum atomic E-state index is 0.0752. The number of aromatic hydroxyl groups is 2. The molecule has 0 bridgehead atoms. The van der Waals surface area contributed by atoms with E-state index in [1.54, 1.807) is 12.1 Å². The van der Waals surface area contributed by atoms with Crippen molar-refractivity contribution >= 4 is 11.4 Å². The van der Waals surface area contributed by atoms with Crippen molar-refractivity contribution < 1.29 is 10.2 Å². The Hall–Kier alpha value is -2.36. The summed E-state index contributed by atoms with van der Waals surface area (Å²) in [5.41, 5.74) is 3.05. The molecule has 1 saturated heterocycles. The Morgan fingerprint density at radius 3 is 2.33 bits per heavy atom. The first-order valence-electron chi connectivity index (χ1n) is 7.32. The van der Waals surface area contributed by atoms with Crippen molar-refractivity contribution in [3.8, 4) is 11.5 Å². The molecular formula is C17H20N2O2. The van der Waals surface area contributed by atoms with E-state index >= 15 is 0 Å². The molecule has 0 radical (unpaired) electrons. The lowest BCUT2D eigenvalue weighted by Gasteiger charge is -2.18. The SMILES string of the molecule is Oc1ccc(CNc2ccc(N3CCCC3)cc2)c(O)c1. The van der Waals surface area contributed by atoms with Gasteiger partial charge in [-0.25, -0.2) is 0 Å². The van der Waals surface area contributed by atoms with Crippen LogP contribution in [0.4, 0.5) is 11.4 Å². The monoisotopic (exact) mass is 284 g/mol. The third-order valence-electron chi connectivity index (χ3n) is 3.89. The van der Waals surface area contributed by atoms with Gasteiger partial charge in [0.25, 0.3) is 0 Å². The summed E-state index contributed by atoms with van der Waals surface area (Å²) in [6.45, 7) is 2.82. The molecule has 110 valence electrons.